The van der Waals surface area contributed by atoms with E-state index in [4.69, 9.17) is 4.84 Å². The third-order valence-corrected chi connectivity index (χ3v) is 1.69. The van der Waals surface area contributed by atoms with E-state index in [0.717, 1.165) is 6.42 Å². The zero-order chi connectivity index (χ0) is 12.7. The van der Waals surface area contributed by atoms with Gasteiger partial charge in [0, 0.05) is 6.21 Å². The first-order valence-electron chi connectivity index (χ1n) is 4.99. The van der Waals surface area contributed by atoms with Crippen molar-refractivity contribution in [1.82, 2.24) is 0 Å². The first-order chi connectivity index (χ1) is 8.01. The maximum absolute atomic E-state index is 11.9. The molecule has 0 aromatic heterocycles. The van der Waals surface area contributed by atoms with Crippen LogP contribution >= 0.6 is 0 Å². The second kappa shape index (κ2) is 6.12. The van der Waals surface area contributed by atoms with E-state index in [1.165, 1.54) is 18.2 Å². The number of benzene rings is 1. The minimum absolute atomic E-state index is 0.103. The Morgan fingerprint density at radius 1 is 1.35 bits per heavy atom. The van der Waals surface area contributed by atoms with Gasteiger partial charge in [-0.15, -0.1) is 13.2 Å². The van der Waals surface area contributed by atoms with E-state index < -0.39 is 6.36 Å². The highest BCUT2D eigenvalue weighted by molar-refractivity contribution is 5.55. The topological polar surface area (TPSA) is 30.8 Å². The maximum atomic E-state index is 11.9. The molecule has 0 unspecified atom stereocenters. The van der Waals surface area contributed by atoms with Crippen LogP contribution in [0.1, 0.15) is 18.9 Å². The molecule has 0 saturated heterocycles. The number of rotatable bonds is 5. The van der Waals surface area contributed by atoms with Crippen LogP contribution in [0.25, 0.3) is 0 Å². The number of alkyl halides is 3. The van der Waals surface area contributed by atoms with E-state index in [0.29, 0.717) is 5.56 Å². The quantitative estimate of drug-likeness (QED) is 0.589. The zero-order valence-electron chi connectivity index (χ0n) is 9.20. The van der Waals surface area contributed by atoms with Crippen molar-refractivity contribution in [1.29, 1.82) is 0 Å². The molecule has 0 aliphatic carbocycles. The van der Waals surface area contributed by atoms with Crippen molar-refractivity contribution in [2.45, 2.75) is 26.3 Å². The second-order valence-corrected chi connectivity index (χ2v) is 3.16. The monoisotopic (exact) mass is 247 g/mol. The minimum Gasteiger partial charge on any atom is -0.406 e. The summed E-state index contributed by atoms with van der Waals surface area (Å²) in [6.07, 6.45) is -2.38. The number of hydrogen-bond donors (Lipinski definition) is 0. The van der Waals surface area contributed by atoms with Crippen LogP contribution in [-0.2, 0) is 11.4 Å². The summed E-state index contributed by atoms with van der Waals surface area (Å²) in [7, 11) is 0. The molecule has 94 valence electrons. The molecule has 1 aromatic rings. The van der Waals surface area contributed by atoms with Crippen LogP contribution in [0.4, 0.5) is 13.2 Å². The van der Waals surface area contributed by atoms with Crippen molar-refractivity contribution in [2.75, 3.05) is 0 Å². The molecule has 0 fully saturated rings. The third kappa shape index (κ3) is 5.79. The second-order valence-electron chi connectivity index (χ2n) is 3.16. The summed E-state index contributed by atoms with van der Waals surface area (Å²) in [6, 6.07) is 5.58. The van der Waals surface area contributed by atoms with Gasteiger partial charge in [-0.1, -0.05) is 24.2 Å². The fourth-order valence-electron chi connectivity index (χ4n) is 1.07. The molecule has 1 aromatic carbocycles. The molecular formula is C11H12F3NO2. The normalized spacial score (nSPS) is 11.8. The van der Waals surface area contributed by atoms with E-state index in [1.54, 1.807) is 12.3 Å². The summed E-state index contributed by atoms with van der Waals surface area (Å²) in [5.41, 5.74) is 0.556. The minimum atomic E-state index is -4.68. The number of ether oxygens (including phenoxy) is 1. The number of halogens is 3. The van der Waals surface area contributed by atoms with Crippen LogP contribution in [0.5, 0.6) is 5.75 Å². The van der Waals surface area contributed by atoms with Crippen molar-refractivity contribution >= 4 is 6.21 Å². The molecule has 1 rings (SSSR count). The van der Waals surface area contributed by atoms with E-state index in [2.05, 4.69) is 9.89 Å². The van der Waals surface area contributed by atoms with E-state index in [1.807, 2.05) is 6.92 Å². The molecule has 6 heteroatoms. The number of nitrogens with zero attached hydrogens (tertiary/aromatic N) is 1. The lowest BCUT2D eigenvalue weighted by atomic mass is 10.2. The zero-order valence-corrected chi connectivity index (χ0v) is 9.20. The molecule has 0 saturated carbocycles. The van der Waals surface area contributed by atoms with Gasteiger partial charge in [0.1, 0.15) is 12.4 Å². The molecule has 0 aliphatic rings. The highest BCUT2D eigenvalue weighted by Gasteiger charge is 2.31. The van der Waals surface area contributed by atoms with Gasteiger partial charge in [0.15, 0.2) is 0 Å². The van der Waals surface area contributed by atoms with E-state index in [-0.39, 0.29) is 12.4 Å². The standard InChI is InChI=1S/C11H12F3NO2/c1-2-6-15-16-8-9-4-3-5-10(7-9)17-11(12,13)14/h3-7H,2,8H2,1H3. The summed E-state index contributed by atoms with van der Waals surface area (Å²) >= 11 is 0. The SMILES string of the molecule is CCC=NOCc1cccc(OC(F)(F)F)c1. The van der Waals surface area contributed by atoms with Crippen LogP contribution in [0.2, 0.25) is 0 Å². The highest BCUT2D eigenvalue weighted by atomic mass is 19.4. The van der Waals surface area contributed by atoms with E-state index >= 15 is 0 Å². The average molecular weight is 247 g/mol. The van der Waals surface area contributed by atoms with Crippen molar-refractivity contribution in [3.63, 3.8) is 0 Å². The third-order valence-electron chi connectivity index (χ3n) is 1.69. The summed E-state index contributed by atoms with van der Waals surface area (Å²) in [4.78, 5) is 4.88. The van der Waals surface area contributed by atoms with Crippen LogP contribution in [0, 0.1) is 0 Å². The molecule has 0 amide bonds. The molecule has 0 bridgehead atoms. The molecule has 0 heterocycles. The fourth-order valence-corrected chi connectivity index (χ4v) is 1.07. The van der Waals surface area contributed by atoms with E-state index in [9.17, 15) is 13.2 Å². The Morgan fingerprint density at radius 3 is 2.76 bits per heavy atom. The Balaban J connectivity index is 2.57. The van der Waals surface area contributed by atoms with Crippen molar-refractivity contribution in [3.8, 4) is 5.75 Å². The molecular weight excluding hydrogens is 235 g/mol. The Kier molecular flexibility index (Phi) is 4.81. The van der Waals surface area contributed by atoms with Gasteiger partial charge in [0.2, 0.25) is 0 Å². The Labute approximate surface area is 96.8 Å². The molecule has 3 nitrogen and oxygen atoms in total. The van der Waals surface area contributed by atoms with Gasteiger partial charge in [-0.2, -0.15) is 0 Å². The first kappa shape index (κ1) is 13.3. The molecule has 0 spiro atoms. The van der Waals surface area contributed by atoms with Gasteiger partial charge in [-0.05, 0) is 24.1 Å². The highest BCUT2D eigenvalue weighted by Crippen LogP contribution is 2.23. The number of oxime groups is 1. The fraction of sp³-hybridized carbons (Fsp3) is 0.364. The Morgan fingerprint density at radius 2 is 2.12 bits per heavy atom. The molecule has 0 N–H and O–H groups in total. The lowest BCUT2D eigenvalue weighted by Gasteiger charge is -2.09. The van der Waals surface area contributed by atoms with Gasteiger partial charge in [-0.3, -0.25) is 0 Å². The molecule has 0 radical (unpaired) electrons. The van der Waals surface area contributed by atoms with Crippen molar-refractivity contribution in [2.24, 2.45) is 5.16 Å². The lowest BCUT2D eigenvalue weighted by molar-refractivity contribution is -0.274. The first-order valence-corrected chi connectivity index (χ1v) is 4.99. The largest absolute Gasteiger partial charge is 0.573 e. The van der Waals surface area contributed by atoms with Crippen LogP contribution in [0.15, 0.2) is 29.4 Å². The van der Waals surface area contributed by atoms with Gasteiger partial charge in [0.25, 0.3) is 0 Å². The summed E-state index contributed by atoms with van der Waals surface area (Å²) in [5, 5.41) is 3.60. The van der Waals surface area contributed by atoms with Gasteiger partial charge in [-0.25, -0.2) is 0 Å². The average Bonchev–Trinajstić information content (AvgIpc) is 2.23. The van der Waals surface area contributed by atoms with Gasteiger partial charge >= 0.3 is 6.36 Å². The van der Waals surface area contributed by atoms with Crippen LogP contribution in [0.3, 0.4) is 0 Å². The van der Waals surface area contributed by atoms with Gasteiger partial charge < -0.3 is 9.57 Å². The molecule has 0 aliphatic heterocycles. The molecule has 17 heavy (non-hydrogen) atoms. The predicted molar refractivity (Wildman–Crippen MR) is 56.7 cm³/mol. The summed E-state index contributed by atoms with van der Waals surface area (Å²) in [5.74, 6) is -0.266. The van der Waals surface area contributed by atoms with Crippen LogP contribution < -0.4 is 4.74 Å². The molecule has 0 atom stereocenters. The van der Waals surface area contributed by atoms with Gasteiger partial charge in [0.05, 0.1) is 0 Å². The number of hydrogen-bond acceptors (Lipinski definition) is 3. The van der Waals surface area contributed by atoms with Crippen molar-refractivity contribution in [3.05, 3.63) is 29.8 Å². The maximum Gasteiger partial charge on any atom is 0.573 e. The Hall–Kier alpha value is -1.72. The smallest absolute Gasteiger partial charge is 0.406 e. The van der Waals surface area contributed by atoms with Crippen molar-refractivity contribution < 1.29 is 22.7 Å². The lowest BCUT2D eigenvalue weighted by Crippen LogP contribution is -2.17. The predicted octanol–water partition coefficient (Wildman–Crippen LogP) is 3.50. The Bertz CT molecular complexity index is 377. The summed E-state index contributed by atoms with van der Waals surface area (Å²) < 4.78 is 39.6. The van der Waals surface area contributed by atoms with Crippen LogP contribution in [-0.4, -0.2) is 12.6 Å². The summed E-state index contributed by atoms with van der Waals surface area (Å²) in [6.45, 7) is 2.00.